The predicted molar refractivity (Wildman–Crippen MR) is 35.7 cm³/mol. The Kier molecular flexibility index (Phi) is 3.69. The molecule has 0 aliphatic carbocycles. The zero-order chi connectivity index (χ0) is 6.57. The summed E-state index contributed by atoms with van der Waals surface area (Å²) < 4.78 is 0. The molecule has 0 fully saturated rings. The van der Waals surface area contributed by atoms with Crippen LogP contribution in [0.25, 0.3) is 0 Å². The lowest BCUT2D eigenvalue weighted by Crippen LogP contribution is -2.26. The Balaban J connectivity index is 3.46. The second-order valence-electron chi connectivity index (χ2n) is 1.68. The summed E-state index contributed by atoms with van der Waals surface area (Å²) in [5, 5.41) is 2.51. The summed E-state index contributed by atoms with van der Waals surface area (Å²) in [6.07, 6.45) is 0. The standard InChI is InChI=1S/C5H10NOS/c1-4(3-8)5(7)6-2/h4H,3H2,1-2H3,(H,6,7). The summed E-state index contributed by atoms with van der Waals surface area (Å²) in [6.45, 7) is 1.81. The average Bonchev–Trinajstić information content (AvgIpc) is 1.84. The first-order chi connectivity index (χ1) is 3.72. The van der Waals surface area contributed by atoms with Crippen LogP contribution in [0.2, 0.25) is 0 Å². The van der Waals surface area contributed by atoms with E-state index in [1.54, 1.807) is 7.05 Å². The first kappa shape index (κ1) is 7.82. The van der Waals surface area contributed by atoms with Crippen LogP contribution in [0.1, 0.15) is 6.92 Å². The van der Waals surface area contributed by atoms with Gasteiger partial charge in [0, 0.05) is 18.7 Å². The maximum atomic E-state index is 10.6. The molecule has 0 aliphatic rings. The van der Waals surface area contributed by atoms with E-state index >= 15 is 0 Å². The number of carbonyl (C=O) groups excluding carboxylic acids is 1. The lowest BCUT2D eigenvalue weighted by Gasteiger charge is -2.02. The van der Waals surface area contributed by atoms with Crippen molar-refractivity contribution in [1.29, 1.82) is 0 Å². The molecule has 0 aliphatic heterocycles. The Morgan fingerprint density at radius 1 is 1.88 bits per heavy atom. The third-order valence-corrected chi connectivity index (χ3v) is 1.44. The van der Waals surface area contributed by atoms with Crippen LogP contribution in [0, 0.1) is 5.92 Å². The van der Waals surface area contributed by atoms with Gasteiger partial charge in [-0.25, -0.2) is 0 Å². The van der Waals surface area contributed by atoms with Gasteiger partial charge in [-0.05, 0) is 0 Å². The fraction of sp³-hybridized carbons (Fsp3) is 0.800. The highest BCUT2D eigenvalue weighted by Gasteiger charge is 2.06. The molecule has 0 heterocycles. The summed E-state index contributed by atoms with van der Waals surface area (Å²) >= 11 is 4.66. The van der Waals surface area contributed by atoms with E-state index in [2.05, 4.69) is 17.9 Å². The minimum Gasteiger partial charge on any atom is -0.359 e. The van der Waals surface area contributed by atoms with Crippen molar-refractivity contribution in [3.63, 3.8) is 0 Å². The second-order valence-corrected chi connectivity index (χ2v) is 2.02. The predicted octanol–water partition coefficient (Wildman–Crippen LogP) is 0.566. The first-order valence-electron chi connectivity index (χ1n) is 2.52. The summed E-state index contributed by atoms with van der Waals surface area (Å²) in [6, 6.07) is 0. The summed E-state index contributed by atoms with van der Waals surface area (Å²) in [5.74, 6) is 0.509. The van der Waals surface area contributed by atoms with E-state index in [0.717, 1.165) is 0 Å². The largest absolute Gasteiger partial charge is 0.359 e. The molecule has 0 aromatic rings. The normalized spacial score (nSPS) is 12.9. The minimum absolute atomic E-state index is 0.0185. The van der Waals surface area contributed by atoms with E-state index in [1.165, 1.54) is 0 Å². The van der Waals surface area contributed by atoms with Crippen LogP contribution < -0.4 is 5.32 Å². The van der Waals surface area contributed by atoms with E-state index in [1.807, 2.05) is 6.92 Å². The fourth-order valence-corrected chi connectivity index (χ4v) is 0.473. The third-order valence-electron chi connectivity index (χ3n) is 0.944. The maximum absolute atomic E-state index is 10.6. The van der Waals surface area contributed by atoms with Gasteiger partial charge in [0.15, 0.2) is 0 Å². The SMILES string of the molecule is CNC(=O)C(C)C[S]. The Morgan fingerprint density at radius 3 is 2.50 bits per heavy atom. The fourth-order valence-electron chi connectivity index (χ4n) is 0.322. The van der Waals surface area contributed by atoms with Crippen LogP contribution in [-0.2, 0) is 4.79 Å². The number of amides is 1. The zero-order valence-corrected chi connectivity index (χ0v) is 5.92. The molecule has 0 rings (SSSR count). The lowest BCUT2D eigenvalue weighted by atomic mass is 10.2. The Bertz CT molecular complexity index is 84.5. The highest BCUT2D eigenvalue weighted by molar-refractivity contribution is 7.80. The Morgan fingerprint density at radius 2 is 2.38 bits per heavy atom. The molecule has 0 bridgehead atoms. The van der Waals surface area contributed by atoms with Gasteiger partial charge in [0.05, 0.1) is 0 Å². The maximum Gasteiger partial charge on any atom is 0.223 e. The summed E-state index contributed by atoms with van der Waals surface area (Å²) in [5.41, 5.74) is 0. The van der Waals surface area contributed by atoms with E-state index in [9.17, 15) is 4.79 Å². The molecule has 1 atom stereocenters. The van der Waals surface area contributed by atoms with Crippen LogP contribution in [0.15, 0.2) is 0 Å². The number of nitrogens with one attached hydrogen (secondary N) is 1. The van der Waals surface area contributed by atoms with Crippen molar-refractivity contribution in [3.05, 3.63) is 0 Å². The van der Waals surface area contributed by atoms with Gasteiger partial charge in [-0.3, -0.25) is 4.79 Å². The zero-order valence-electron chi connectivity index (χ0n) is 5.10. The molecular weight excluding hydrogens is 122 g/mol. The monoisotopic (exact) mass is 132 g/mol. The van der Waals surface area contributed by atoms with Crippen LogP contribution >= 0.6 is 12.6 Å². The number of hydrogen-bond acceptors (Lipinski definition) is 1. The van der Waals surface area contributed by atoms with Crippen LogP contribution in [0.3, 0.4) is 0 Å². The number of carbonyl (C=O) groups is 1. The number of hydrogen-bond donors (Lipinski definition) is 1. The summed E-state index contributed by atoms with van der Waals surface area (Å²) in [4.78, 5) is 10.6. The molecular formula is C5H10NOS. The van der Waals surface area contributed by atoms with Gasteiger partial charge in [-0.15, -0.1) is 0 Å². The van der Waals surface area contributed by atoms with Crippen molar-refractivity contribution >= 4 is 18.5 Å². The van der Waals surface area contributed by atoms with Gasteiger partial charge in [0.25, 0.3) is 0 Å². The van der Waals surface area contributed by atoms with E-state index in [4.69, 9.17) is 0 Å². The van der Waals surface area contributed by atoms with Gasteiger partial charge >= 0.3 is 0 Å². The molecule has 8 heavy (non-hydrogen) atoms. The van der Waals surface area contributed by atoms with Crippen LogP contribution in [0.4, 0.5) is 0 Å². The van der Waals surface area contributed by atoms with Crippen LogP contribution in [-0.4, -0.2) is 18.7 Å². The lowest BCUT2D eigenvalue weighted by molar-refractivity contribution is -0.123. The smallest absolute Gasteiger partial charge is 0.223 e. The van der Waals surface area contributed by atoms with E-state index in [-0.39, 0.29) is 11.8 Å². The van der Waals surface area contributed by atoms with E-state index < -0.39 is 0 Å². The Hall–Kier alpha value is -0.180. The molecule has 0 spiro atoms. The Labute approximate surface area is 55.1 Å². The second kappa shape index (κ2) is 3.78. The molecule has 0 saturated carbocycles. The highest BCUT2D eigenvalue weighted by atomic mass is 32.1. The summed E-state index contributed by atoms with van der Waals surface area (Å²) in [7, 11) is 1.61. The van der Waals surface area contributed by atoms with Crippen molar-refractivity contribution in [2.45, 2.75) is 6.92 Å². The highest BCUT2D eigenvalue weighted by Crippen LogP contribution is 1.94. The van der Waals surface area contributed by atoms with Crippen molar-refractivity contribution in [2.24, 2.45) is 5.92 Å². The molecule has 3 heteroatoms. The van der Waals surface area contributed by atoms with E-state index in [0.29, 0.717) is 5.75 Å². The molecule has 0 saturated heterocycles. The van der Waals surface area contributed by atoms with Gasteiger partial charge in [0.1, 0.15) is 0 Å². The van der Waals surface area contributed by atoms with Gasteiger partial charge in [-0.1, -0.05) is 19.6 Å². The number of rotatable bonds is 2. The molecule has 1 amide bonds. The molecule has 1 radical (unpaired) electrons. The molecule has 1 N–H and O–H groups in total. The topological polar surface area (TPSA) is 29.1 Å². The van der Waals surface area contributed by atoms with Crippen molar-refractivity contribution in [1.82, 2.24) is 5.32 Å². The molecule has 1 unspecified atom stereocenters. The van der Waals surface area contributed by atoms with Crippen LogP contribution in [0.5, 0.6) is 0 Å². The van der Waals surface area contributed by atoms with Crippen molar-refractivity contribution < 1.29 is 4.79 Å². The molecule has 2 nitrogen and oxygen atoms in total. The molecule has 0 aromatic heterocycles. The quantitative estimate of drug-likeness (QED) is 0.584. The van der Waals surface area contributed by atoms with Gasteiger partial charge in [-0.2, -0.15) is 0 Å². The minimum atomic E-state index is -0.0185. The van der Waals surface area contributed by atoms with Crippen molar-refractivity contribution in [3.8, 4) is 0 Å². The third kappa shape index (κ3) is 2.21. The van der Waals surface area contributed by atoms with Crippen molar-refractivity contribution in [2.75, 3.05) is 12.8 Å². The first-order valence-corrected chi connectivity index (χ1v) is 3.09. The molecule has 47 valence electrons. The average molecular weight is 132 g/mol. The van der Waals surface area contributed by atoms with Gasteiger partial charge < -0.3 is 5.32 Å². The van der Waals surface area contributed by atoms with Gasteiger partial charge in [0.2, 0.25) is 5.91 Å². The molecule has 0 aromatic carbocycles.